The van der Waals surface area contributed by atoms with Gasteiger partial charge in [0.2, 0.25) is 0 Å². The molecule has 4 rings (SSSR count). The number of nitrogens with one attached hydrogen (secondary N) is 1. The molecule has 4 aromatic rings. The van der Waals surface area contributed by atoms with Crippen molar-refractivity contribution in [3.63, 3.8) is 0 Å². The highest BCUT2D eigenvalue weighted by molar-refractivity contribution is 7.89. The molecule has 0 amide bonds. The van der Waals surface area contributed by atoms with Crippen LogP contribution in [0, 0.1) is 5.82 Å². The van der Waals surface area contributed by atoms with Gasteiger partial charge in [0, 0.05) is 11.9 Å². The summed E-state index contributed by atoms with van der Waals surface area (Å²) in [6.45, 7) is 4.13. The summed E-state index contributed by atoms with van der Waals surface area (Å²) in [4.78, 5) is 17.7. The second-order valence-electron chi connectivity index (χ2n) is 8.26. The lowest BCUT2D eigenvalue weighted by atomic mass is 10.1. The highest BCUT2D eigenvalue weighted by Crippen LogP contribution is 2.20. The van der Waals surface area contributed by atoms with E-state index in [2.05, 4.69) is 9.71 Å². The Labute approximate surface area is 215 Å². The molecule has 2 aromatic carbocycles. The summed E-state index contributed by atoms with van der Waals surface area (Å²) in [7, 11) is -3.97. The second kappa shape index (κ2) is 11.2. The molecule has 0 aliphatic carbocycles. The van der Waals surface area contributed by atoms with Crippen LogP contribution < -0.4 is 10.4 Å². The molecule has 1 N–H and O–H groups in total. The predicted molar refractivity (Wildman–Crippen MR) is 143 cm³/mol. The van der Waals surface area contributed by atoms with Crippen molar-refractivity contribution in [1.29, 1.82) is 0 Å². The minimum atomic E-state index is -3.97. The van der Waals surface area contributed by atoms with Gasteiger partial charge in [-0.3, -0.25) is 9.29 Å². The summed E-state index contributed by atoms with van der Waals surface area (Å²) in [5.74, 6) is -0.526. The van der Waals surface area contributed by atoms with Crippen LogP contribution in [-0.4, -0.2) is 22.4 Å². The van der Waals surface area contributed by atoms with Crippen molar-refractivity contribution in [1.82, 2.24) is 18.7 Å². The Kier molecular flexibility index (Phi) is 7.83. The Balaban J connectivity index is 1.74. The average molecular weight is 519 g/mol. The Hall–Kier alpha value is -4.24. The first-order chi connectivity index (χ1) is 17.8. The number of imidazole rings is 1. The Morgan fingerprint density at radius 3 is 2.49 bits per heavy atom. The molecule has 0 radical (unpaired) electrons. The van der Waals surface area contributed by atoms with Crippen LogP contribution >= 0.6 is 0 Å². The number of allylic oxidation sites excluding steroid dienone is 5. The summed E-state index contributed by atoms with van der Waals surface area (Å²) in [5, 5.41) is 0. The number of fused-ring (bicyclic) bond motifs is 1. The van der Waals surface area contributed by atoms with E-state index in [0.29, 0.717) is 29.9 Å². The van der Waals surface area contributed by atoms with E-state index in [1.165, 1.54) is 16.5 Å². The fourth-order valence-electron chi connectivity index (χ4n) is 3.79. The Morgan fingerprint density at radius 2 is 1.81 bits per heavy atom. The minimum absolute atomic E-state index is 0.0645. The van der Waals surface area contributed by atoms with Gasteiger partial charge in [-0.15, -0.1) is 0 Å². The number of halogens is 1. The van der Waals surface area contributed by atoms with Crippen molar-refractivity contribution in [3.8, 4) is 0 Å². The van der Waals surface area contributed by atoms with Gasteiger partial charge < -0.3 is 0 Å². The van der Waals surface area contributed by atoms with Gasteiger partial charge in [-0.1, -0.05) is 49.4 Å². The molecule has 0 bridgehead atoms. The van der Waals surface area contributed by atoms with E-state index in [-0.39, 0.29) is 16.3 Å². The SMILES string of the molecule is CC=C(C=C(C=CCC)NS(=O)(=O)c1ccc(F)cc1)c1cnc2ccn(Cc3ccccc3)c(=O)n12. The van der Waals surface area contributed by atoms with Gasteiger partial charge >= 0.3 is 5.69 Å². The van der Waals surface area contributed by atoms with Gasteiger partial charge in [-0.2, -0.15) is 0 Å². The molecule has 0 saturated heterocycles. The standard InChI is InChI=1S/C28H27FN4O3S/c1-3-5-11-24(31-37(35,36)25-14-12-23(29)13-15-25)18-22(4-2)26-19-30-27-16-17-32(28(34)33(26)27)20-21-9-7-6-8-10-21/h4-19,31H,3,20H2,1-2H3. The number of nitrogens with zero attached hydrogens (tertiary/aromatic N) is 3. The van der Waals surface area contributed by atoms with E-state index in [9.17, 15) is 17.6 Å². The quantitative estimate of drug-likeness (QED) is 0.319. The van der Waals surface area contributed by atoms with Crippen LogP contribution in [0.5, 0.6) is 0 Å². The molecule has 2 aromatic heterocycles. The first-order valence-corrected chi connectivity index (χ1v) is 13.2. The van der Waals surface area contributed by atoms with Gasteiger partial charge in [0.25, 0.3) is 10.0 Å². The molecule has 0 fully saturated rings. The van der Waals surface area contributed by atoms with E-state index < -0.39 is 15.8 Å². The van der Waals surface area contributed by atoms with Crippen LogP contribution in [0.4, 0.5) is 4.39 Å². The summed E-state index contributed by atoms with van der Waals surface area (Å²) in [5.41, 5.74) is 2.61. The van der Waals surface area contributed by atoms with E-state index in [0.717, 1.165) is 17.7 Å². The summed E-state index contributed by atoms with van der Waals surface area (Å²) < 4.78 is 44.9. The maximum atomic E-state index is 13.4. The van der Waals surface area contributed by atoms with Crippen LogP contribution in [0.2, 0.25) is 0 Å². The zero-order valence-corrected chi connectivity index (χ0v) is 21.3. The molecule has 37 heavy (non-hydrogen) atoms. The van der Waals surface area contributed by atoms with Crippen LogP contribution in [0.3, 0.4) is 0 Å². The fraction of sp³-hybridized carbons (Fsp3) is 0.143. The molecule has 190 valence electrons. The monoisotopic (exact) mass is 518 g/mol. The maximum absolute atomic E-state index is 13.4. The highest BCUT2D eigenvalue weighted by atomic mass is 32.2. The van der Waals surface area contributed by atoms with E-state index in [4.69, 9.17) is 0 Å². The molecule has 2 heterocycles. The first kappa shape index (κ1) is 25.8. The van der Waals surface area contributed by atoms with Crippen molar-refractivity contribution in [2.75, 3.05) is 0 Å². The van der Waals surface area contributed by atoms with Crippen molar-refractivity contribution in [3.05, 3.63) is 131 Å². The molecule has 0 atom stereocenters. The first-order valence-electron chi connectivity index (χ1n) is 11.8. The summed E-state index contributed by atoms with van der Waals surface area (Å²) >= 11 is 0. The predicted octanol–water partition coefficient (Wildman–Crippen LogP) is 4.92. The number of sulfonamides is 1. The third-order valence-electron chi connectivity index (χ3n) is 5.65. The second-order valence-corrected chi connectivity index (χ2v) is 9.94. The van der Waals surface area contributed by atoms with Gasteiger partial charge in [0.15, 0.2) is 0 Å². The van der Waals surface area contributed by atoms with E-state index in [1.54, 1.807) is 48.2 Å². The summed E-state index contributed by atoms with van der Waals surface area (Å²) in [6, 6.07) is 16.0. The molecule has 9 heteroatoms. The lowest BCUT2D eigenvalue weighted by Crippen LogP contribution is -2.27. The minimum Gasteiger partial charge on any atom is -0.296 e. The Bertz CT molecular complexity index is 1650. The molecule has 0 spiro atoms. The number of hydrogen-bond donors (Lipinski definition) is 1. The molecule has 0 aliphatic heterocycles. The van der Waals surface area contributed by atoms with Crippen LogP contribution in [0.15, 0.2) is 113 Å². The Morgan fingerprint density at radius 1 is 1.08 bits per heavy atom. The average Bonchev–Trinajstić information content (AvgIpc) is 3.33. The molecular formula is C28H27FN4O3S. The van der Waals surface area contributed by atoms with Crippen LogP contribution in [0.1, 0.15) is 31.5 Å². The number of hydrogen-bond acceptors (Lipinski definition) is 4. The topological polar surface area (TPSA) is 85.5 Å². The van der Waals surface area contributed by atoms with E-state index >= 15 is 0 Å². The van der Waals surface area contributed by atoms with Crippen molar-refractivity contribution < 1.29 is 12.8 Å². The van der Waals surface area contributed by atoms with Gasteiger partial charge in [-0.05, 0) is 67.0 Å². The highest BCUT2D eigenvalue weighted by Gasteiger charge is 2.17. The normalized spacial score (nSPS) is 12.9. The van der Waals surface area contributed by atoms with Gasteiger partial charge in [0.05, 0.1) is 23.3 Å². The lowest BCUT2D eigenvalue weighted by molar-refractivity contribution is 0.588. The van der Waals surface area contributed by atoms with Gasteiger partial charge in [-0.25, -0.2) is 27.0 Å². The third kappa shape index (κ3) is 5.95. The molecule has 7 nitrogen and oxygen atoms in total. The summed E-state index contributed by atoms with van der Waals surface area (Å²) in [6.07, 6.45) is 10.9. The van der Waals surface area contributed by atoms with Crippen molar-refractivity contribution >= 4 is 21.2 Å². The molecular weight excluding hydrogens is 491 g/mol. The zero-order valence-electron chi connectivity index (χ0n) is 20.5. The lowest BCUT2D eigenvalue weighted by Gasteiger charge is -2.11. The molecule has 0 unspecified atom stereocenters. The number of aromatic nitrogens is 3. The van der Waals surface area contributed by atoms with Crippen molar-refractivity contribution in [2.24, 2.45) is 0 Å². The van der Waals surface area contributed by atoms with Gasteiger partial charge in [0.1, 0.15) is 11.5 Å². The molecule has 0 aliphatic rings. The number of benzene rings is 2. The van der Waals surface area contributed by atoms with Crippen LogP contribution in [0.25, 0.3) is 11.2 Å². The third-order valence-corrected chi connectivity index (χ3v) is 7.05. The fourth-order valence-corrected chi connectivity index (χ4v) is 4.84. The maximum Gasteiger partial charge on any atom is 0.334 e. The zero-order chi connectivity index (χ0) is 26.4. The van der Waals surface area contributed by atoms with E-state index in [1.807, 2.05) is 43.3 Å². The van der Waals surface area contributed by atoms with Crippen LogP contribution in [-0.2, 0) is 16.6 Å². The molecule has 0 saturated carbocycles. The smallest absolute Gasteiger partial charge is 0.296 e. The largest absolute Gasteiger partial charge is 0.334 e. The number of rotatable bonds is 9. The van der Waals surface area contributed by atoms with Crippen molar-refractivity contribution in [2.45, 2.75) is 31.7 Å².